The van der Waals surface area contributed by atoms with Crippen molar-refractivity contribution in [3.05, 3.63) is 52.4 Å². The van der Waals surface area contributed by atoms with E-state index in [0.717, 1.165) is 9.50 Å². The molecule has 0 radical (unpaired) electrons. The molecule has 0 saturated carbocycles. The Hall–Kier alpha value is -1.07. The number of pyridine rings is 1. The molecule has 0 atom stereocenters. The highest BCUT2D eigenvalue weighted by Gasteiger charge is 2.08. The summed E-state index contributed by atoms with van der Waals surface area (Å²) in [6.45, 7) is 0. The summed E-state index contributed by atoms with van der Waals surface area (Å²) in [4.78, 5) is 4.21. The number of halogens is 2. The first kappa shape index (κ1) is 12.4. The van der Waals surface area contributed by atoms with E-state index in [4.69, 9.17) is 5.73 Å². The lowest BCUT2D eigenvalue weighted by molar-refractivity contribution is 0.618. The molecule has 2 nitrogen and oxygen atoms in total. The number of thioether (sulfide) groups is 1. The van der Waals surface area contributed by atoms with Gasteiger partial charge in [0.15, 0.2) is 0 Å². The molecule has 2 rings (SSSR count). The number of rotatable bonds is 3. The van der Waals surface area contributed by atoms with Crippen molar-refractivity contribution >= 4 is 33.4 Å². The molecule has 0 unspecified atom stereocenters. The predicted octanol–water partition coefficient (Wildman–Crippen LogP) is 3.86. The third-order valence-corrected chi connectivity index (χ3v) is 4.17. The largest absolute Gasteiger partial charge is 0.398 e. The molecule has 0 saturated heterocycles. The summed E-state index contributed by atoms with van der Waals surface area (Å²) < 4.78 is 14.4. The number of benzene rings is 1. The van der Waals surface area contributed by atoms with Gasteiger partial charge < -0.3 is 5.73 Å². The van der Waals surface area contributed by atoms with Crippen LogP contribution in [0.5, 0.6) is 0 Å². The van der Waals surface area contributed by atoms with E-state index in [9.17, 15) is 4.39 Å². The van der Waals surface area contributed by atoms with Crippen molar-refractivity contribution < 1.29 is 4.39 Å². The van der Waals surface area contributed by atoms with E-state index in [1.807, 2.05) is 12.1 Å². The second-order valence-electron chi connectivity index (χ2n) is 3.39. The normalized spacial score (nSPS) is 10.5. The summed E-state index contributed by atoms with van der Waals surface area (Å²) in [6.07, 6.45) is 1.71. The van der Waals surface area contributed by atoms with Gasteiger partial charge >= 0.3 is 0 Å². The minimum Gasteiger partial charge on any atom is -0.398 e. The number of nitrogens with two attached hydrogens (primary N) is 1. The van der Waals surface area contributed by atoms with Crippen molar-refractivity contribution in [3.8, 4) is 0 Å². The maximum Gasteiger partial charge on any atom is 0.129 e. The van der Waals surface area contributed by atoms with Crippen LogP contribution in [0.25, 0.3) is 0 Å². The van der Waals surface area contributed by atoms with E-state index < -0.39 is 0 Å². The molecule has 0 bridgehead atoms. The minimum atomic E-state index is -0.274. The van der Waals surface area contributed by atoms with Gasteiger partial charge in [-0.05, 0) is 40.2 Å². The van der Waals surface area contributed by atoms with Crippen LogP contribution in [0.15, 0.2) is 46.0 Å². The van der Waals surface area contributed by atoms with Crippen LogP contribution in [-0.4, -0.2) is 4.98 Å². The van der Waals surface area contributed by atoms with Gasteiger partial charge in [-0.25, -0.2) is 9.37 Å². The summed E-state index contributed by atoms with van der Waals surface area (Å²) in [7, 11) is 0. The van der Waals surface area contributed by atoms with E-state index in [0.29, 0.717) is 17.0 Å². The molecule has 2 aromatic rings. The highest BCUT2D eigenvalue weighted by atomic mass is 79.9. The summed E-state index contributed by atoms with van der Waals surface area (Å²) in [5.74, 6) is 0.193. The first-order valence-corrected chi connectivity index (χ1v) is 6.72. The standard InChI is InChI=1S/C12H10BrFN2S/c13-9-3-2-6-16-12(9)17-7-8-10(14)4-1-5-11(8)15/h1-6H,7,15H2. The first-order chi connectivity index (χ1) is 8.18. The molecular formula is C12H10BrFN2S. The van der Waals surface area contributed by atoms with Gasteiger partial charge in [-0.1, -0.05) is 6.07 Å². The second kappa shape index (κ2) is 5.51. The first-order valence-electron chi connectivity index (χ1n) is 4.94. The van der Waals surface area contributed by atoms with Gasteiger partial charge in [0.2, 0.25) is 0 Å². The van der Waals surface area contributed by atoms with Crippen molar-refractivity contribution in [1.29, 1.82) is 0 Å². The average Bonchev–Trinajstić information content (AvgIpc) is 2.30. The van der Waals surface area contributed by atoms with Crippen LogP contribution in [-0.2, 0) is 5.75 Å². The van der Waals surface area contributed by atoms with E-state index >= 15 is 0 Å². The molecule has 5 heteroatoms. The monoisotopic (exact) mass is 312 g/mol. The van der Waals surface area contributed by atoms with Gasteiger partial charge in [0.1, 0.15) is 10.8 Å². The zero-order valence-corrected chi connectivity index (χ0v) is 11.3. The van der Waals surface area contributed by atoms with E-state index in [2.05, 4.69) is 20.9 Å². The van der Waals surface area contributed by atoms with Crippen LogP contribution < -0.4 is 5.73 Å². The van der Waals surface area contributed by atoms with Gasteiger partial charge in [0.05, 0.1) is 0 Å². The fraction of sp³-hybridized carbons (Fsp3) is 0.0833. The third-order valence-electron chi connectivity index (χ3n) is 2.23. The minimum absolute atomic E-state index is 0.274. The predicted molar refractivity (Wildman–Crippen MR) is 72.3 cm³/mol. The fourth-order valence-corrected chi connectivity index (χ4v) is 2.87. The smallest absolute Gasteiger partial charge is 0.129 e. The summed E-state index contributed by atoms with van der Waals surface area (Å²) in [5, 5.41) is 0.829. The van der Waals surface area contributed by atoms with Gasteiger partial charge in [-0.2, -0.15) is 0 Å². The van der Waals surface area contributed by atoms with Crippen LogP contribution in [0.1, 0.15) is 5.56 Å². The van der Waals surface area contributed by atoms with Crippen LogP contribution in [0.4, 0.5) is 10.1 Å². The van der Waals surface area contributed by atoms with Crippen LogP contribution in [0.3, 0.4) is 0 Å². The Labute approximate surface area is 112 Å². The maximum atomic E-state index is 13.5. The van der Waals surface area contributed by atoms with E-state index in [-0.39, 0.29) is 5.82 Å². The topological polar surface area (TPSA) is 38.9 Å². The van der Waals surface area contributed by atoms with Crippen LogP contribution in [0, 0.1) is 5.82 Å². The van der Waals surface area contributed by atoms with Crippen molar-refractivity contribution in [2.45, 2.75) is 10.8 Å². The zero-order chi connectivity index (χ0) is 12.3. The molecule has 88 valence electrons. The Balaban J connectivity index is 2.16. The Kier molecular flexibility index (Phi) is 4.02. The molecule has 0 amide bonds. The lowest BCUT2D eigenvalue weighted by Gasteiger charge is -2.07. The van der Waals surface area contributed by atoms with Crippen molar-refractivity contribution in [1.82, 2.24) is 4.98 Å². The van der Waals surface area contributed by atoms with E-state index in [1.165, 1.54) is 17.8 Å². The lowest BCUT2D eigenvalue weighted by Crippen LogP contribution is -1.96. The summed E-state index contributed by atoms with van der Waals surface area (Å²) in [5.41, 5.74) is 6.74. The van der Waals surface area contributed by atoms with Crippen molar-refractivity contribution in [2.75, 3.05) is 5.73 Å². The molecule has 1 heterocycles. The quantitative estimate of drug-likeness (QED) is 0.691. The molecule has 0 aliphatic heterocycles. The van der Waals surface area contributed by atoms with Gasteiger partial charge in [-0.15, -0.1) is 11.8 Å². The van der Waals surface area contributed by atoms with Crippen molar-refractivity contribution in [3.63, 3.8) is 0 Å². The van der Waals surface area contributed by atoms with Gasteiger partial charge in [0.25, 0.3) is 0 Å². The number of nitrogens with zero attached hydrogens (tertiary/aromatic N) is 1. The Morgan fingerprint density at radius 1 is 1.29 bits per heavy atom. The fourth-order valence-electron chi connectivity index (χ4n) is 1.35. The summed E-state index contributed by atoms with van der Waals surface area (Å²) >= 11 is 4.85. The molecule has 0 spiro atoms. The molecule has 17 heavy (non-hydrogen) atoms. The van der Waals surface area contributed by atoms with Crippen LogP contribution in [0.2, 0.25) is 0 Å². The average molecular weight is 313 g/mol. The Bertz CT molecular complexity index is 513. The second-order valence-corrected chi connectivity index (χ2v) is 5.21. The SMILES string of the molecule is Nc1cccc(F)c1CSc1ncccc1Br. The highest BCUT2D eigenvalue weighted by Crippen LogP contribution is 2.30. The molecule has 0 aliphatic carbocycles. The number of hydrogen-bond donors (Lipinski definition) is 1. The molecular weight excluding hydrogens is 303 g/mol. The lowest BCUT2D eigenvalue weighted by atomic mass is 10.2. The third kappa shape index (κ3) is 2.98. The number of hydrogen-bond acceptors (Lipinski definition) is 3. The molecule has 0 fully saturated rings. The van der Waals surface area contributed by atoms with Crippen molar-refractivity contribution in [2.24, 2.45) is 0 Å². The number of aromatic nitrogens is 1. The van der Waals surface area contributed by atoms with E-state index in [1.54, 1.807) is 18.3 Å². The van der Waals surface area contributed by atoms with Crippen LogP contribution >= 0.6 is 27.7 Å². The molecule has 0 aliphatic rings. The van der Waals surface area contributed by atoms with Gasteiger partial charge in [0, 0.05) is 27.7 Å². The Morgan fingerprint density at radius 2 is 2.12 bits per heavy atom. The number of nitrogen functional groups attached to an aromatic ring is 1. The molecule has 1 aromatic carbocycles. The number of anilines is 1. The zero-order valence-electron chi connectivity index (χ0n) is 8.86. The molecule has 1 aromatic heterocycles. The highest BCUT2D eigenvalue weighted by molar-refractivity contribution is 9.10. The maximum absolute atomic E-state index is 13.5. The van der Waals surface area contributed by atoms with Gasteiger partial charge in [-0.3, -0.25) is 0 Å². The molecule has 2 N–H and O–H groups in total. The summed E-state index contributed by atoms with van der Waals surface area (Å²) in [6, 6.07) is 8.47. The Morgan fingerprint density at radius 3 is 2.82 bits per heavy atom.